The average molecular weight is 613 g/mol. The number of hydrogen-bond donors (Lipinski definition) is 2. The highest BCUT2D eigenvalue weighted by Gasteiger charge is 2.47. The van der Waals surface area contributed by atoms with Crippen molar-refractivity contribution in [2.75, 3.05) is 23.8 Å². The molecule has 226 valence electrons. The van der Waals surface area contributed by atoms with Crippen LogP contribution in [0, 0.1) is 23.7 Å². The van der Waals surface area contributed by atoms with Crippen LogP contribution < -0.4 is 14.4 Å². The van der Waals surface area contributed by atoms with Gasteiger partial charge in [-0.1, -0.05) is 43.2 Å². The number of carbonyl (C=O) groups is 1. The summed E-state index contributed by atoms with van der Waals surface area (Å²) in [6.45, 7) is 3.79. The Bertz CT molecular complexity index is 1480. The molecule has 2 aromatic carbocycles. The Morgan fingerprint density at radius 1 is 1.12 bits per heavy atom. The number of fused-ring (bicyclic) bond motifs is 6. The molecule has 9 heteroatoms. The van der Waals surface area contributed by atoms with Crippen molar-refractivity contribution in [3.05, 3.63) is 70.3 Å². The van der Waals surface area contributed by atoms with Crippen molar-refractivity contribution in [3.8, 4) is 5.75 Å². The minimum Gasteiger partial charge on any atom is -0.491 e. The molecule has 5 aliphatic rings. The molecule has 2 aliphatic carbocycles. The third-order valence-corrected chi connectivity index (χ3v) is 11.6. The normalized spacial score (nSPS) is 31.0. The topological polar surface area (TPSA) is 95.9 Å². The first-order valence-electron chi connectivity index (χ1n) is 15.4. The largest absolute Gasteiger partial charge is 0.491 e. The van der Waals surface area contributed by atoms with Crippen LogP contribution in [0.4, 0.5) is 5.69 Å². The number of rotatable bonds is 1. The van der Waals surface area contributed by atoms with Gasteiger partial charge in [0.25, 0.3) is 5.91 Å². The van der Waals surface area contributed by atoms with Gasteiger partial charge >= 0.3 is 0 Å². The van der Waals surface area contributed by atoms with Gasteiger partial charge in [0.05, 0.1) is 23.6 Å². The van der Waals surface area contributed by atoms with E-state index in [0.29, 0.717) is 43.3 Å². The number of ether oxygens (including phenoxy) is 1. The molecular formula is C33H41ClN2O5S. The molecule has 3 aliphatic heterocycles. The summed E-state index contributed by atoms with van der Waals surface area (Å²) in [4.78, 5) is 15.6. The number of nitrogens with zero attached hydrogens (tertiary/aromatic N) is 1. The summed E-state index contributed by atoms with van der Waals surface area (Å²) >= 11 is 6.41. The first-order valence-corrected chi connectivity index (χ1v) is 17.4. The lowest BCUT2D eigenvalue weighted by atomic mass is 9.61. The molecule has 0 aromatic heterocycles. The van der Waals surface area contributed by atoms with Crippen LogP contribution in [0.2, 0.25) is 5.02 Å². The van der Waals surface area contributed by atoms with Gasteiger partial charge in [-0.15, -0.1) is 0 Å². The molecular weight excluding hydrogens is 572 g/mol. The SMILES string of the molecule is CC[C@@H]1CS(=O)(=O)NC(=O)c2ccc3c(c2)N(Cc2ccc(Cl)cc2CCCCO3)C[C@@H]2CC[C@H]2C2(O)C=CC1CC2. The Morgan fingerprint density at radius 2 is 1.98 bits per heavy atom. The first-order chi connectivity index (χ1) is 20.1. The zero-order valence-corrected chi connectivity index (χ0v) is 25.8. The molecule has 7 rings (SSSR count). The maximum absolute atomic E-state index is 13.4. The Labute approximate surface area is 254 Å². The number of aryl methyl sites for hydroxylation is 1. The highest BCUT2D eigenvalue weighted by Crippen LogP contribution is 2.49. The number of aliphatic hydroxyl groups is 1. The van der Waals surface area contributed by atoms with Gasteiger partial charge in [-0.05, 0) is 110 Å². The molecule has 0 saturated heterocycles. The van der Waals surface area contributed by atoms with Crippen molar-refractivity contribution < 1.29 is 23.1 Å². The molecule has 4 bridgehead atoms. The van der Waals surface area contributed by atoms with Crippen LogP contribution in [0.25, 0.3) is 0 Å². The summed E-state index contributed by atoms with van der Waals surface area (Å²) in [6, 6.07) is 11.3. The van der Waals surface area contributed by atoms with Crippen molar-refractivity contribution in [3.63, 3.8) is 0 Å². The lowest BCUT2D eigenvalue weighted by Crippen LogP contribution is -2.51. The van der Waals surface area contributed by atoms with E-state index in [1.54, 1.807) is 18.2 Å². The average Bonchev–Trinajstić information content (AvgIpc) is 2.96. The summed E-state index contributed by atoms with van der Waals surface area (Å²) in [5.41, 5.74) is 2.51. The standard InChI is InChI=1S/C33H41ClN2O5S/c1-2-22-21-42(39,40)35-32(37)25-8-11-31-30(18-25)36(19-26-6-9-28(34)17-24(26)5-3-4-16-41-31)20-27-7-10-29(27)33(38)14-12-23(22)13-15-33/h6,8-9,11-12,14,17-18,22-23,27,29,38H,2-5,7,10,13,15-16,19-21H2,1H3,(H,35,37)/t22-,23?,27+,29-,33?/m1/s1. The third-order valence-electron chi connectivity index (χ3n) is 10.0. The molecule has 42 heavy (non-hydrogen) atoms. The van der Waals surface area contributed by atoms with Crippen LogP contribution in [0.5, 0.6) is 5.75 Å². The molecule has 1 amide bonds. The number of benzene rings is 2. The molecule has 0 spiro atoms. The minimum atomic E-state index is -3.88. The number of sulfonamides is 1. The highest BCUT2D eigenvalue weighted by atomic mass is 35.5. The van der Waals surface area contributed by atoms with Gasteiger partial charge in [0.2, 0.25) is 10.0 Å². The first kappa shape index (κ1) is 29.5. The number of amides is 1. The van der Waals surface area contributed by atoms with Crippen LogP contribution in [0.1, 0.15) is 73.4 Å². The third kappa shape index (κ3) is 6.08. The summed E-state index contributed by atoms with van der Waals surface area (Å²) < 4.78 is 35.1. The monoisotopic (exact) mass is 612 g/mol. The molecule has 5 atom stereocenters. The molecule has 7 nitrogen and oxygen atoms in total. The Balaban J connectivity index is 1.45. The summed E-state index contributed by atoms with van der Waals surface area (Å²) in [5, 5.41) is 12.6. The molecule has 2 N–H and O–H groups in total. The second-order valence-corrected chi connectivity index (χ2v) is 14.9. The summed E-state index contributed by atoms with van der Waals surface area (Å²) in [6.07, 6.45) is 10.7. The lowest BCUT2D eigenvalue weighted by molar-refractivity contribution is -0.0582. The van der Waals surface area contributed by atoms with Gasteiger partial charge < -0.3 is 14.7 Å². The summed E-state index contributed by atoms with van der Waals surface area (Å²) in [7, 11) is -3.88. The summed E-state index contributed by atoms with van der Waals surface area (Å²) in [5.74, 6) is 0.207. The number of halogens is 1. The van der Waals surface area contributed by atoms with Gasteiger partial charge in [0.15, 0.2) is 0 Å². The number of anilines is 1. The van der Waals surface area contributed by atoms with E-state index in [0.717, 1.165) is 44.2 Å². The van der Waals surface area contributed by atoms with Gasteiger partial charge in [-0.25, -0.2) is 13.1 Å². The Morgan fingerprint density at radius 3 is 2.71 bits per heavy atom. The van der Waals surface area contributed by atoms with Gasteiger partial charge in [0, 0.05) is 23.7 Å². The minimum absolute atomic E-state index is 0.0470. The second kappa shape index (κ2) is 11.9. The van der Waals surface area contributed by atoms with E-state index >= 15 is 0 Å². The lowest BCUT2D eigenvalue weighted by Gasteiger charge is -2.50. The fourth-order valence-corrected chi connectivity index (χ4v) is 9.15. The smallest absolute Gasteiger partial charge is 0.264 e. The van der Waals surface area contributed by atoms with E-state index in [2.05, 4.69) is 15.7 Å². The molecule has 1 fully saturated rings. The van der Waals surface area contributed by atoms with E-state index in [1.165, 1.54) is 11.1 Å². The maximum atomic E-state index is 13.4. The van der Waals surface area contributed by atoms with E-state index in [4.69, 9.17) is 16.3 Å². The van der Waals surface area contributed by atoms with Crippen LogP contribution in [0.15, 0.2) is 48.6 Å². The molecule has 2 unspecified atom stereocenters. The fraction of sp³-hybridized carbons (Fsp3) is 0.545. The molecule has 1 saturated carbocycles. The highest BCUT2D eigenvalue weighted by molar-refractivity contribution is 7.90. The number of allylic oxidation sites excluding steroid dienone is 1. The van der Waals surface area contributed by atoms with Crippen molar-refractivity contribution >= 4 is 33.2 Å². The van der Waals surface area contributed by atoms with Gasteiger partial charge in [-0.3, -0.25) is 4.79 Å². The predicted molar refractivity (Wildman–Crippen MR) is 165 cm³/mol. The van der Waals surface area contributed by atoms with Gasteiger partial charge in [0.1, 0.15) is 5.75 Å². The zero-order chi connectivity index (χ0) is 29.5. The number of hydrogen-bond acceptors (Lipinski definition) is 6. The van der Waals surface area contributed by atoms with Gasteiger partial charge in [-0.2, -0.15) is 0 Å². The van der Waals surface area contributed by atoms with E-state index in [1.807, 2.05) is 31.2 Å². The number of nitrogens with one attached hydrogen (secondary N) is 1. The van der Waals surface area contributed by atoms with Crippen LogP contribution >= 0.6 is 11.6 Å². The van der Waals surface area contributed by atoms with Crippen LogP contribution in [-0.2, 0) is 23.0 Å². The number of carbonyl (C=O) groups excluding carboxylic acids is 1. The molecule has 3 heterocycles. The quantitative estimate of drug-likeness (QED) is 0.390. The van der Waals surface area contributed by atoms with E-state index in [-0.39, 0.29) is 35.0 Å². The van der Waals surface area contributed by atoms with Crippen molar-refractivity contribution in [2.24, 2.45) is 23.7 Å². The van der Waals surface area contributed by atoms with Crippen molar-refractivity contribution in [2.45, 2.75) is 70.4 Å². The van der Waals surface area contributed by atoms with Crippen molar-refractivity contribution in [1.82, 2.24) is 4.72 Å². The zero-order valence-electron chi connectivity index (χ0n) is 24.2. The molecule has 0 radical (unpaired) electrons. The molecule has 2 aromatic rings. The van der Waals surface area contributed by atoms with Crippen LogP contribution in [-0.4, -0.2) is 43.9 Å². The predicted octanol–water partition coefficient (Wildman–Crippen LogP) is 5.88. The second-order valence-electron chi connectivity index (χ2n) is 12.7. The van der Waals surface area contributed by atoms with Crippen molar-refractivity contribution in [1.29, 1.82) is 0 Å². The van der Waals surface area contributed by atoms with Crippen LogP contribution in [0.3, 0.4) is 0 Å². The maximum Gasteiger partial charge on any atom is 0.264 e. The fourth-order valence-electron chi connectivity index (χ4n) is 7.43. The van der Waals surface area contributed by atoms with E-state index in [9.17, 15) is 18.3 Å². The Hall–Kier alpha value is -2.55. The Kier molecular flexibility index (Phi) is 8.33. The van der Waals surface area contributed by atoms with E-state index < -0.39 is 21.5 Å².